The third kappa shape index (κ3) is 1.23. The Kier molecular flexibility index (Phi) is 1.94. The fourth-order valence-corrected chi connectivity index (χ4v) is 2.39. The van der Waals surface area contributed by atoms with Crippen molar-refractivity contribution in [3.8, 4) is 11.5 Å². The Bertz CT molecular complexity index is 483. The van der Waals surface area contributed by atoms with Gasteiger partial charge >= 0.3 is 0 Å². The van der Waals surface area contributed by atoms with Crippen LogP contribution in [0, 0.1) is 0 Å². The van der Waals surface area contributed by atoms with E-state index in [4.69, 9.17) is 26.8 Å². The first-order chi connectivity index (χ1) is 7.65. The molecular weight excluding hydrogens is 230 g/mol. The summed E-state index contributed by atoms with van der Waals surface area (Å²) in [6.07, 6.45) is 2.46. The lowest BCUT2D eigenvalue weighted by molar-refractivity contribution is 0.111. The number of hydrogen-bond donors (Lipinski definition) is 1. The molecule has 5 heteroatoms. The van der Waals surface area contributed by atoms with Gasteiger partial charge in [-0.05, 0) is 18.9 Å². The lowest BCUT2D eigenvalue weighted by atomic mass is 10.0. The third-order valence-electron chi connectivity index (χ3n) is 3.04. The summed E-state index contributed by atoms with van der Waals surface area (Å²) in [5, 5.41) is 0.478. The average Bonchev–Trinajstić information content (AvgIpc) is 2.81. The molecule has 1 aliphatic carbocycles. The van der Waals surface area contributed by atoms with Crippen LogP contribution in [-0.2, 0) is 5.54 Å². The highest BCUT2D eigenvalue weighted by atomic mass is 35.5. The molecule has 16 heavy (non-hydrogen) atoms. The number of carbonyl (C=O) groups excluding carboxylic acids is 1. The molecule has 0 amide bonds. The van der Waals surface area contributed by atoms with E-state index in [1.165, 1.54) is 0 Å². The van der Waals surface area contributed by atoms with Crippen molar-refractivity contribution in [2.24, 2.45) is 5.73 Å². The van der Waals surface area contributed by atoms with Gasteiger partial charge in [-0.2, -0.15) is 0 Å². The maximum atomic E-state index is 10.9. The number of rotatable bonds is 2. The molecule has 0 saturated heterocycles. The first-order valence-electron chi connectivity index (χ1n) is 5.02. The SMILES string of the molecule is NC1(c2c(Cl)cc(C=O)c3c2OCO3)CC1. The van der Waals surface area contributed by atoms with E-state index in [-0.39, 0.29) is 6.79 Å². The minimum absolute atomic E-state index is 0.111. The van der Waals surface area contributed by atoms with Crippen LogP contribution in [0.15, 0.2) is 6.07 Å². The van der Waals surface area contributed by atoms with Crippen molar-refractivity contribution >= 4 is 17.9 Å². The molecule has 0 bridgehead atoms. The molecule has 0 atom stereocenters. The normalized spacial score (nSPS) is 19.6. The second kappa shape index (κ2) is 3.12. The fraction of sp³-hybridized carbons (Fsp3) is 0.364. The molecule has 84 valence electrons. The van der Waals surface area contributed by atoms with Crippen LogP contribution in [-0.4, -0.2) is 13.1 Å². The molecule has 1 aromatic carbocycles. The Morgan fingerprint density at radius 3 is 2.69 bits per heavy atom. The largest absolute Gasteiger partial charge is 0.453 e. The number of nitrogens with two attached hydrogens (primary N) is 1. The summed E-state index contributed by atoms with van der Waals surface area (Å²) < 4.78 is 10.6. The molecule has 0 aromatic heterocycles. The molecule has 1 aromatic rings. The molecular formula is C11H10ClNO3. The van der Waals surface area contributed by atoms with E-state index < -0.39 is 5.54 Å². The number of aldehydes is 1. The minimum atomic E-state index is -0.406. The Hall–Kier alpha value is -1.26. The third-order valence-corrected chi connectivity index (χ3v) is 3.33. The van der Waals surface area contributed by atoms with E-state index in [1.807, 2.05) is 0 Å². The van der Waals surface area contributed by atoms with E-state index in [2.05, 4.69) is 0 Å². The summed E-state index contributed by atoms with van der Waals surface area (Å²) in [6, 6.07) is 1.59. The Morgan fingerprint density at radius 2 is 2.06 bits per heavy atom. The number of halogens is 1. The van der Waals surface area contributed by atoms with Crippen molar-refractivity contribution in [3.05, 3.63) is 22.2 Å². The summed E-state index contributed by atoms with van der Waals surface area (Å²) in [7, 11) is 0. The highest BCUT2D eigenvalue weighted by molar-refractivity contribution is 6.32. The van der Waals surface area contributed by atoms with Gasteiger partial charge in [-0.3, -0.25) is 4.79 Å². The molecule has 2 aliphatic rings. The van der Waals surface area contributed by atoms with Gasteiger partial charge in [0.15, 0.2) is 17.8 Å². The van der Waals surface area contributed by atoms with E-state index in [0.29, 0.717) is 28.4 Å². The van der Waals surface area contributed by atoms with Crippen LogP contribution in [0.3, 0.4) is 0 Å². The molecule has 0 unspecified atom stereocenters. The van der Waals surface area contributed by atoms with E-state index >= 15 is 0 Å². The predicted octanol–water partition coefficient (Wildman–Crippen LogP) is 1.83. The predicted molar refractivity (Wildman–Crippen MR) is 58.1 cm³/mol. The zero-order valence-corrected chi connectivity index (χ0v) is 9.21. The first kappa shape index (κ1) is 9.93. The Labute approximate surface area is 97.3 Å². The molecule has 1 heterocycles. The van der Waals surface area contributed by atoms with Crippen LogP contribution < -0.4 is 15.2 Å². The summed E-state index contributed by atoms with van der Waals surface area (Å²) in [5.74, 6) is 1.00. The average molecular weight is 240 g/mol. The van der Waals surface area contributed by atoms with Crippen molar-refractivity contribution < 1.29 is 14.3 Å². The van der Waals surface area contributed by atoms with Crippen LogP contribution in [0.1, 0.15) is 28.8 Å². The van der Waals surface area contributed by atoms with Crippen LogP contribution >= 0.6 is 11.6 Å². The minimum Gasteiger partial charge on any atom is -0.453 e. The lowest BCUT2D eigenvalue weighted by Crippen LogP contribution is -2.20. The van der Waals surface area contributed by atoms with Gasteiger partial charge in [-0.15, -0.1) is 0 Å². The van der Waals surface area contributed by atoms with Crippen molar-refractivity contribution in [3.63, 3.8) is 0 Å². The van der Waals surface area contributed by atoms with Crippen LogP contribution in [0.5, 0.6) is 11.5 Å². The van der Waals surface area contributed by atoms with Crippen LogP contribution in [0.4, 0.5) is 0 Å². The number of carbonyl (C=O) groups is 1. The number of fused-ring (bicyclic) bond motifs is 1. The molecule has 0 spiro atoms. The zero-order valence-electron chi connectivity index (χ0n) is 8.46. The number of benzene rings is 1. The summed E-state index contributed by atoms with van der Waals surface area (Å²) in [4.78, 5) is 10.9. The molecule has 1 aliphatic heterocycles. The maximum Gasteiger partial charge on any atom is 0.231 e. The molecule has 0 radical (unpaired) electrons. The second-order valence-electron chi connectivity index (χ2n) is 4.16. The Morgan fingerprint density at radius 1 is 1.38 bits per heavy atom. The van der Waals surface area contributed by atoms with E-state index in [0.717, 1.165) is 18.4 Å². The van der Waals surface area contributed by atoms with Crippen molar-refractivity contribution in [1.82, 2.24) is 0 Å². The smallest absolute Gasteiger partial charge is 0.231 e. The number of ether oxygens (including phenoxy) is 2. The molecule has 3 rings (SSSR count). The summed E-state index contributed by atoms with van der Waals surface area (Å²) in [5.41, 5.74) is 6.90. The van der Waals surface area contributed by atoms with Gasteiger partial charge in [0.05, 0.1) is 10.6 Å². The van der Waals surface area contributed by atoms with Gasteiger partial charge in [0.2, 0.25) is 6.79 Å². The topological polar surface area (TPSA) is 61.6 Å². The van der Waals surface area contributed by atoms with Crippen molar-refractivity contribution in [2.75, 3.05) is 6.79 Å². The van der Waals surface area contributed by atoms with Crippen LogP contribution in [0.2, 0.25) is 5.02 Å². The van der Waals surface area contributed by atoms with Gasteiger partial charge in [0.25, 0.3) is 0 Å². The highest BCUT2D eigenvalue weighted by Crippen LogP contribution is 2.54. The van der Waals surface area contributed by atoms with Gasteiger partial charge in [0.1, 0.15) is 0 Å². The summed E-state index contributed by atoms with van der Waals surface area (Å²) in [6.45, 7) is 0.111. The number of hydrogen-bond acceptors (Lipinski definition) is 4. The maximum absolute atomic E-state index is 10.9. The summed E-state index contributed by atoms with van der Waals surface area (Å²) >= 11 is 6.14. The van der Waals surface area contributed by atoms with E-state index in [1.54, 1.807) is 6.07 Å². The molecule has 2 N–H and O–H groups in total. The van der Waals surface area contributed by atoms with Crippen molar-refractivity contribution in [2.45, 2.75) is 18.4 Å². The quantitative estimate of drug-likeness (QED) is 0.800. The van der Waals surface area contributed by atoms with Gasteiger partial charge in [-0.1, -0.05) is 11.6 Å². The van der Waals surface area contributed by atoms with Gasteiger partial charge < -0.3 is 15.2 Å². The van der Waals surface area contributed by atoms with Gasteiger partial charge in [0, 0.05) is 11.1 Å². The van der Waals surface area contributed by atoms with Gasteiger partial charge in [-0.25, -0.2) is 0 Å². The zero-order chi connectivity index (χ0) is 11.3. The first-order valence-corrected chi connectivity index (χ1v) is 5.40. The highest BCUT2D eigenvalue weighted by Gasteiger charge is 2.46. The van der Waals surface area contributed by atoms with Crippen molar-refractivity contribution in [1.29, 1.82) is 0 Å². The standard InChI is InChI=1S/C11H10ClNO3/c12-7-3-6(4-14)9-10(16-5-15-9)8(7)11(13)1-2-11/h3-4H,1-2,5,13H2. The van der Waals surface area contributed by atoms with E-state index in [9.17, 15) is 4.79 Å². The monoisotopic (exact) mass is 239 g/mol. The lowest BCUT2D eigenvalue weighted by Gasteiger charge is -2.15. The second-order valence-corrected chi connectivity index (χ2v) is 4.57. The molecule has 1 fully saturated rings. The molecule has 4 nitrogen and oxygen atoms in total. The molecule has 1 saturated carbocycles. The Balaban J connectivity index is 2.26. The van der Waals surface area contributed by atoms with Crippen LogP contribution in [0.25, 0.3) is 0 Å². The fourth-order valence-electron chi connectivity index (χ4n) is 2.00.